The van der Waals surface area contributed by atoms with Crippen LogP contribution in [0.4, 0.5) is 0 Å². The van der Waals surface area contributed by atoms with Gasteiger partial charge in [0.2, 0.25) is 0 Å². The molecule has 3 nitrogen and oxygen atoms in total. The van der Waals surface area contributed by atoms with Crippen LogP contribution < -0.4 is 5.32 Å². The molecule has 2 aliphatic heterocycles. The highest BCUT2D eigenvalue weighted by Crippen LogP contribution is 2.13. The molecule has 0 aromatic carbocycles. The molecule has 14 heavy (non-hydrogen) atoms. The first-order valence-electron chi connectivity index (χ1n) is 5.89. The minimum absolute atomic E-state index is 0.734. The Morgan fingerprint density at radius 2 is 2.21 bits per heavy atom. The topological polar surface area (TPSA) is 18.5 Å². The van der Waals surface area contributed by atoms with Gasteiger partial charge < -0.3 is 15.1 Å². The molecule has 1 N–H and O–H groups in total. The van der Waals surface area contributed by atoms with Crippen molar-refractivity contribution >= 4 is 0 Å². The Hall–Kier alpha value is -0.120. The van der Waals surface area contributed by atoms with Gasteiger partial charge in [-0.15, -0.1) is 0 Å². The van der Waals surface area contributed by atoms with Crippen LogP contribution in [0.15, 0.2) is 0 Å². The quantitative estimate of drug-likeness (QED) is 0.684. The molecule has 1 unspecified atom stereocenters. The third kappa shape index (κ3) is 2.47. The van der Waals surface area contributed by atoms with Gasteiger partial charge in [-0.3, -0.25) is 0 Å². The molecule has 0 aromatic heterocycles. The molecule has 2 fully saturated rings. The summed E-state index contributed by atoms with van der Waals surface area (Å²) < 4.78 is 0. The molecule has 2 heterocycles. The molecular formula is C11H23N3. The van der Waals surface area contributed by atoms with E-state index in [-0.39, 0.29) is 0 Å². The Bertz CT molecular complexity index is 177. The Balaban J connectivity index is 1.75. The normalized spacial score (nSPS) is 36.4. The molecule has 0 amide bonds. The molecule has 0 radical (unpaired) electrons. The first-order chi connectivity index (χ1) is 6.75. The fourth-order valence-corrected chi connectivity index (χ4v) is 2.53. The van der Waals surface area contributed by atoms with E-state index < -0.39 is 0 Å². The SMILES string of the molecule is CC1CN(C[C@H]2CCNC2)CCN1C. The molecule has 2 aliphatic rings. The van der Waals surface area contributed by atoms with E-state index >= 15 is 0 Å². The molecule has 0 bridgehead atoms. The van der Waals surface area contributed by atoms with Crippen molar-refractivity contribution in [3.05, 3.63) is 0 Å². The zero-order valence-electron chi connectivity index (χ0n) is 9.50. The number of piperazine rings is 1. The Morgan fingerprint density at radius 1 is 1.36 bits per heavy atom. The predicted molar refractivity (Wildman–Crippen MR) is 59.5 cm³/mol. The average Bonchev–Trinajstić information content (AvgIpc) is 2.64. The molecule has 0 aliphatic carbocycles. The van der Waals surface area contributed by atoms with Crippen molar-refractivity contribution in [2.24, 2.45) is 5.92 Å². The molecule has 2 rings (SSSR count). The summed E-state index contributed by atoms with van der Waals surface area (Å²) in [6.07, 6.45) is 1.38. The summed E-state index contributed by atoms with van der Waals surface area (Å²) >= 11 is 0. The van der Waals surface area contributed by atoms with Crippen LogP contribution in [0, 0.1) is 5.92 Å². The van der Waals surface area contributed by atoms with Crippen LogP contribution >= 0.6 is 0 Å². The largest absolute Gasteiger partial charge is 0.316 e. The lowest BCUT2D eigenvalue weighted by molar-refractivity contribution is 0.0944. The van der Waals surface area contributed by atoms with Gasteiger partial charge in [0.05, 0.1) is 0 Å². The minimum atomic E-state index is 0.734. The van der Waals surface area contributed by atoms with Crippen molar-refractivity contribution in [1.29, 1.82) is 0 Å². The summed E-state index contributed by atoms with van der Waals surface area (Å²) in [4.78, 5) is 5.10. The van der Waals surface area contributed by atoms with Crippen LogP contribution in [-0.2, 0) is 0 Å². The number of hydrogen-bond donors (Lipinski definition) is 1. The maximum Gasteiger partial charge on any atom is 0.0192 e. The summed E-state index contributed by atoms with van der Waals surface area (Å²) in [6.45, 7) is 9.87. The van der Waals surface area contributed by atoms with Crippen LogP contribution in [0.25, 0.3) is 0 Å². The van der Waals surface area contributed by atoms with Crippen molar-refractivity contribution in [2.45, 2.75) is 19.4 Å². The molecule has 0 spiro atoms. The highest BCUT2D eigenvalue weighted by atomic mass is 15.3. The van der Waals surface area contributed by atoms with Gasteiger partial charge in [-0.1, -0.05) is 0 Å². The smallest absolute Gasteiger partial charge is 0.0192 e. The first-order valence-corrected chi connectivity index (χ1v) is 5.89. The Labute approximate surface area is 87.4 Å². The Morgan fingerprint density at radius 3 is 2.86 bits per heavy atom. The van der Waals surface area contributed by atoms with Gasteiger partial charge in [0.1, 0.15) is 0 Å². The minimum Gasteiger partial charge on any atom is -0.316 e. The lowest BCUT2D eigenvalue weighted by atomic mass is 10.1. The van der Waals surface area contributed by atoms with E-state index in [0.717, 1.165) is 12.0 Å². The molecule has 82 valence electrons. The Kier molecular flexibility index (Phi) is 3.42. The van der Waals surface area contributed by atoms with Crippen LogP contribution in [0.2, 0.25) is 0 Å². The number of rotatable bonds is 2. The molecule has 2 saturated heterocycles. The number of likely N-dealkylation sites (N-methyl/N-ethyl adjacent to an activating group) is 1. The third-order valence-electron chi connectivity index (χ3n) is 3.72. The average molecular weight is 197 g/mol. The predicted octanol–water partition coefficient (Wildman–Crippen LogP) is 0.232. The summed E-state index contributed by atoms with van der Waals surface area (Å²) in [5.41, 5.74) is 0. The van der Waals surface area contributed by atoms with E-state index in [1.54, 1.807) is 0 Å². The van der Waals surface area contributed by atoms with E-state index in [9.17, 15) is 0 Å². The van der Waals surface area contributed by atoms with Crippen molar-refractivity contribution < 1.29 is 0 Å². The lowest BCUT2D eigenvalue weighted by Gasteiger charge is -2.38. The monoisotopic (exact) mass is 197 g/mol. The fraction of sp³-hybridized carbons (Fsp3) is 1.00. The summed E-state index contributed by atoms with van der Waals surface area (Å²) in [7, 11) is 2.24. The van der Waals surface area contributed by atoms with Crippen LogP contribution in [0.3, 0.4) is 0 Å². The van der Waals surface area contributed by atoms with E-state index in [0.29, 0.717) is 0 Å². The fourth-order valence-electron chi connectivity index (χ4n) is 2.53. The van der Waals surface area contributed by atoms with Gasteiger partial charge >= 0.3 is 0 Å². The number of nitrogens with zero attached hydrogens (tertiary/aromatic N) is 2. The molecular weight excluding hydrogens is 174 g/mol. The summed E-state index contributed by atoms with van der Waals surface area (Å²) in [6, 6.07) is 0.734. The van der Waals surface area contributed by atoms with Gasteiger partial charge in [0, 0.05) is 32.2 Å². The van der Waals surface area contributed by atoms with E-state index in [1.807, 2.05) is 0 Å². The van der Waals surface area contributed by atoms with Gasteiger partial charge in [0.25, 0.3) is 0 Å². The van der Waals surface area contributed by atoms with Crippen molar-refractivity contribution in [1.82, 2.24) is 15.1 Å². The van der Waals surface area contributed by atoms with Gasteiger partial charge in [-0.05, 0) is 39.4 Å². The van der Waals surface area contributed by atoms with Crippen LogP contribution in [0.5, 0.6) is 0 Å². The maximum atomic E-state index is 3.44. The maximum absolute atomic E-state index is 3.44. The molecule has 0 aromatic rings. The third-order valence-corrected chi connectivity index (χ3v) is 3.72. The second-order valence-electron chi connectivity index (χ2n) is 4.95. The van der Waals surface area contributed by atoms with Crippen LogP contribution in [-0.4, -0.2) is 62.2 Å². The molecule has 3 heteroatoms. The van der Waals surface area contributed by atoms with Crippen LogP contribution in [0.1, 0.15) is 13.3 Å². The standard InChI is InChI=1S/C11H23N3/c1-10-8-14(6-5-13(10)2)9-11-3-4-12-7-11/h10-12H,3-9H2,1-2H3/t10?,11-/m0/s1. The summed E-state index contributed by atoms with van der Waals surface area (Å²) in [5, 5.41) is 3.44. The summed E-state index contributed by atoms with van der Waals surface area (Å²) in [5.74, 6) is 0.908. The first kappa shape index (κ1) is 10.4. The van der Waals surface area contributed by atoms with E-state index in [2.05, 4.69) is 29.1 Å². The molecule has 2 atom stereocenters. The number of hydrogen-bond acceptors (Lipinski definition) is 3. The second-order valence-corrected chi connectivity index (χ2v) is 4.95. The van der Waals surface area contributed by atoms with Gasteiger partial charge in [-0.2, -0.15) is 0 Å². The molecule has 0 saturated carbocycles. The zero-order chi connectivity index (χ0) is 9.97. The van der Waals surface area contributed by atoms with Crippen molar-refractivity contribution in [2.75, 3.05) is 46.3 Å². The second kappa shape index (κ2) is 4.60. The lowest BCUT2D eigenvalue weighted by Crippen LogP contribution is -2.51. The van der Waals surface area contributed by atoms with E-state index in [1.165, 1.54) is 45.7 Å². The highest BCUT2D eigenvalue weighted by Gasteiger charge is 2.24. The van der Waals surface area contributed by atoms with Crippen molar-refractivity contribution in [3.8, 4) is 0 Å². The van der Waals surface area contributed by atoms with Gasteiger partial charge in [0.15, 0.2) is 0 Å². The highest BCUT2D eigenvalue weighted by molar-refractivity contribution is 4.81. The van der Waals surface area contributed by atoms with Gasteiger partial charge in [-0.25, -0.2) is 0 Å². The van der Waals surface area contributed by atoms with Crippen molar-refractivity contribution in [3.63, 3.8) is 0 Å². The van der Waals surface area contributed by atoms with E-state index in [4.69, 9.17) is 0 Å². The number of nitrogens with one attached hydrogen (secondary N) is 1. The zero-order valence-corrected chi connectivity index (χ0v) is 9.50.